The Bertz CT molecular complexity index is 1110. The van der Waals surface area contributed by atoms with Crippen molar-refractivity contribution in [3.63, 3.8) is 0 Å². The molecule has 2 amide bonds. The van der Waals surface area contributed by atoms with Gasteiger partial charge in [0, 0.05) is 50.4 Å². The maximum atomic E-state index is 13.8. The molecule has 4 rings (SSSR count). The number of urea groups is 1. The molecule has 0 atom stereocenters. The Hall–Kier alpha value is -3.62. The van der Waals surface area contributed by atoms with Gasteiger partial charge in [0.15, 0.2) is 11.7 Å². The van der Waals surface area contributed by atoms with Crippen LogP contribution >= 0.6 is 0 Å². The lowest BCUT2D eigenvalue weighted by molar-refractivity contribution is 0.200. The molecule has 0 radical (unpaired) electrons. The van der Waals surface area contributed by atoms with Gasteiger partial charge in [0.1, 0.15) is 17.4 Å². The number of rotatable bonds is 5. The number of hydrogen-bond acceptors (Lipinski definition) is 5. The fraction of sp³-hybridized carbons (Fsp3) is 0.333. The molecule has 1 aromatic heterocycles. The molecule has 1 saturated heterocycles. The van der Waals surface area contributed by atoms with E-state index >= 15 is 0 Å². The first-order valence-corrected chi connectivity index (χ1v) is 10.8. The second kappa shape index (κ2) is 9.89. The summed E-state index contributed by atoms with van der Waals surface area (Å²) in [5.41, 5.74) is 1.65. The monoisotopic (exact) mass is 456 g/mol. The molecule has 9 heteroatoms. The van der Waals surface area contributed by atoms with Gasteiger partial charge in [0.25, 0.3) is 0 Å². The van der Waals surface area contributed by atoms with Gasteiger partial charge in [-0.15, -0.1) is 0 Å². The van der Waals surface area contributed by atoms with Crippen molar-refractivity contribution in [1.82, 2.24) is 15.2 Å². The van der Waals surface area contributed by atoms with E-state index in [9.17, 15) is 13.6 Å². The molecular formula is C24H26F2N4O3. The van der Waals surface area contributed by atoms with Crippen LogP contribution < -0.4 is 15.0 Å². The third-order valence-electron chi connectivity index (χ3n) is 5.70. The Morgan fingerprint density at radius 3 is 2.64 bits per heavy atom. The fourth-order valence-electron chi connectivity index (χ4n) is 3.92. The van der Waals surface area contributed by atoms with E-state index in [0.717, 1.165) is 24.2 Å². The van der Waals surface area contributed by atoms with Crippen LogP contribution in [0.4, 0.5) is 19.3 Å². The first kappa shape index (κ1) is 22.6. The van der Waals surface area contributed by atoms with Gasteiger partial charge in [0.05, 0.1) is 25.4 Å². The second-order valence-electron chi connectivity index (χ2n) is 7.81. The molecule has 1 aliphatic rings. The highest BCUT2D eigenvalue weighted by Gasteiger charge is 2.21. The zero-order valence-corrected chi connectivity index (χ0v) is 18.6. The number of amides is 2. The molecule has 2 heterocycles. The molecule has 7 nitrogen and oxygen atoms in total. The third-order valence-corrected chi connectivity index (χ3v) is 5.70. The quantitative estimate of drug-likeness (QED) is 0.618. The van der Waals surface area contributed by atoms with Gasteiger partial charge in [-0.25, -0.2) is 18.6 Å². The zero-order valence-electron chi connectivity index (χ0n) is 18.6. The molecule has 0 unspecified atom stereocenters. The third kappa shape index (κ3) is 5.08. The largest absolute Gasteiger partial charge is 0.496 e. The van der Waals surface area contributed by atoms with Gasteiger partial charge in [-0.1, -0.05) is 6.07 Å². The second-order valence-corrected chi connectivity index (χ2v) is 7.81. The first-order valence-electron chi connectivity index (χ1n) is 10.8. The number of nitrogens with one attached hydrogen (secondary N) is 1. The van der Waals surface area contributed by atoms with Crippen molar-refractivity contribution in [3.8, 4) is 17.1 Å². The molecule has 0 saturated carbocycles. The van der Waals surface area contributed by atoms with E-state index in [1.54, 1.807) is 25.1 Å². The summed E-state index contributed by atoms with van der Waals surface area (Å²) in [5, 5.41) is 2.63. The Labute approximate surface area is 191 Å². The van der Waals surface area contributed by atoms with Crippen LogP contribution in [-0.4, -0.2) is 49.2 Å². The summed E-state index contributed by atoms with van der Waals surface area (Å²) in [4.78, 5) is 20.6. The molecule has 0 spiro atoms. The number of methoxy groups -OCH3 is 1. The molecule has 33 heavy (non-hydrogen) atoms. The van der Waals surface area contributed by atoms with E-state index in [1.165, 1.54) is 18.2 Å². The van der Waals surface area contributed by atoms with Crippen molar-refractivity contribution in [3.05, 3.63) is 65.7 Å². The van der Waals surface area contributed by atoms with E-state index in [1.807, 2.05) is 18.2 Å². The number of carbonyl (C=O) groups excluding carboxylic acids is 1. The lowest BCUT2D eigenvalue weighted by Crippen LogP contribution is -2.42. The highest BCUT2D eigenvalue weighted by molar-refractivity contribution is 5.74. The van der Waals surface area contributed by atoms with Crippen LogP contribution in [0, 0.1) is 18.6 Å². The maximum absolute atomic E-state index is 13.8. The molecule has 174 valence electrons. The zero-order chi connectivity index (χ0) is 23.4. The molecule has 0 bridgehead atoms. The number of benzene rings is 2. The number of nitrogens with zero attached hydrogens (tertiary/aromatic N) is 3. The summed E-state index contributed by atoms with van der Waals surface area (Å²) in [6.07, 6.45) is 2.43. The van der Waals surface area contributed by atoms with Crippen LogP contribution in [0.2, 0.25) is 0 Å². The smallest absolute Gasteiger partial charge is 0.317 e. The standard InChI is InChI=1S/C24H26F2N4O3/c1-16-27-15-23(33-16)18-8-7-17(13-22(18)32-2)29-9-4-10-30(12-11-29)24(31)28-14-19-20(25)5-3-6-21(19)26/h3,5-8,13,15H,4,9-12,14H2,1-2H3,(H,28,31). The highest BCUT2D eigenvalue weighted by Crippen LogP contribution is 2.34. The predicted octanol–water partition coefficient (Wildman–Crippen LogP) is 4.36. The van der Waals surface area contributed by atoms with Crippen molar-refractivity contribution in [2.45, 2.75) is 19.9 Å². The normalized spacial score (nSPS) is 14.2. The SMILES string of the molecule is COc1cc(N2CCCN(C(=O)NCc3c(F)cccc3F)CC2)ccc1-c1cnc(C)o1. The minimum Gasteiger partial charge on any atom is -0.496 e. The van der Waals surface area contributed by atoms with Crippen molar-refractivity contribution in [2.75, 3.05) is 38.2 Å². The van der Waals surface area contributed by atoms with Crippen LogP contribution in [-0.2, 0) is 6.54 Å². The number of aryl methyl sites for hydroxylation is 1. The summed E-state index contributed by atoms with van der Waals surface area (Å²) >= 11 is 0. The molecule has 3 aromatic rings. The molecule has 0 aliphatic carbocycles. The van der Waals surface area contributed by atoms with Gasteiger partial charge in [-0.3, -0.25) is 0 Å². The highest BCUT2D eigenvalue weighted by atomic mass is 19.1. The van der Waals surface area contributed by atoms with Gasteiger partial charge in [-0.2, -0.15) is 0 Å². The summed E-state index contributed by atoms with van der Waals surface area (Å²) in [6.45, 7) is 4.00. The van der Waals surface area contributed by atoms with Crippen molar-refractivity contribution < 1.29 is 22.7 Å². The molecule has 2 aromatic carbocycles. The van der Waals surface area contributed by atoms with Gasteiger partial charge >= 0.3 is 6.03 Å². The minimum atomic E-state index is -0.671. The van der Waals surface area contributed by atoms with E-state index in [4.69, 9.17) is 9.15 Å². The average molecular weight is 456 g/mol. The molecule has 1 fully saturated rings. The summed E-state index contributed by atoms with van der Waals surface area (Å²) in [6, 6.07) is 9.19. The van der Waals surface area contributed by atoms with Crippen molar-refractivity contribution >= 4 is 11.7 Å². The summed E-state index contributed by atoms with van der Waals surface area (Å²) in [7, 11) is 1.61. The first-order chi connectivity index (χ1) is 16.0. The van der Waals surface area contributed by atoms with Crippen LogP contribution in [0.3, 0.4) is 0 Å². The lowest BCUT2D eigenvalue weighted by Gasteiger charge is -2.24. The van der Waals surface area contributed by atoms with Crippen LogP contribution in [0.1, 0.15) is 17.9 Å². The predicted molar refractivity (Wildman–Crippen MR) is 120 cm³/mol. The number of carbonyl (C=O) groups is 1. The van der Waals surface area contributed by atoms with E-state index in [-0.39, 0.29) is 18.1 Å². The number of oxazole rings is 1. The Morgan fingerprint density at radius 2 is 1.94 bits per heavy atom. The number of halogens is 2. The number of aromatic nitrogens is 1. The lowest BCUT2D eigenvalue weighted by atomic mass is 10.1. The molecule has 1 aliphatic heterocycles. The number of hydrogen-bond donors (Lipinski definition) is 1. The van der Waals surface area contributed by atoms with Gasteiger partial charge in [-0.05, 0) is 30.7 Å². The van der Waals surface area contributed by atoms with Gasteiger partial charge in [0.2, 0.25) is 0 Å². The minimum absolute atomic E-state index is 0.142. The fourth-order valence-corrected chi connectivity index (χ4v) is 3.92. The topological polar surface area (TPSA) is 70.8 Å². The van der Waals surface area contributed by atoms with E-state index < -0.39 is 11.6 Å². The Balaban J connectivity index is 1.40. The van der Waals surface area contributed by atoms with Crippen LogP contribution in [0.25, 0.3) is 11.3 Å². The van der Waals surface area contributed by atoms with Crippen LogP contribution in [0.15, 0.2) is 47.0 Å². The van der Waals surface area contributed by atoms with Gasteiger partial charge < -0.3 is 24.3 Å². The molecule has 1 N–H and O–H groups in total. The maximum Gasteiger partial charge on any atom is 0.317 e. The van der Waals surface area contributed by atoms with Crippen molar-refractivity contribution in [1.29, 1.82) is 0 Å². The van der Waals surface area contributed by atoms with Crippen molar-refractivity contribution in [2.24, 2.45) is 0 Å². The number of anilines is 1. The van der Waals surface area contributed by atoms with E-state index in [0.29, 0.717) is 37.0 Å². The summed E-state index contributed by atoms with van der Waals surface area (Å²) < 4.78 is 38.8. The Kier molecular flexibility index (Phi) is 6.76. The molecular weight excluding hydrogens is 430 g/mol. The summed E-state index contributed by atoms with van der Waals surface area (Å²) in [5.74, 6) is 0.556. The average Bonchev–Trinajstić information content (AvgIpc) is 3.09. The number of ether oxygens (including phenoxy) is 1. The Morgan fingerprint density at radius 1 is 1.15 bits per heavy atom. The van der Waals surface area contributed by atoms with Crippen LogP contribution in [0.5, 0.6) is 5.75 Å². The van der Waals surface area contributed by atoms with E-state index in [2.05, 4.69) is 15.2 Å².